The second kappa shape index (κ2) is 6.70. The highest BCUT2D eigenvalue weighted by Gasteiger charge is 2.28. The van der Waals surface area contributed by atoms with Crippen LogP contribution in [-0.2, 0) is 6.54 Å². The quantitative estimate of drug-likeness (QED) is 0.823. The summed E-state index contributed by atoms with van der Waals surface area (Å²) in [7, 11) is 0. The summed E-state index contributed by atoms with van der Waals surface area (Å²) >= 11 is 0. The van der Waals surface area contributed by atoms with E-state index in [1.165, 1.54) is 25.0 Å². The number of halogens is 1. The fraction of sp³-hybridized carbons (Fsp3) is 0.500. The zero-order valence-electron chi connectivity index (χ0n) is 11.3. The van der Waals surface area contributed by atoms with E-state index in [0.717, 1.165) is 25.1 Å². The summed E-state index contributed by atoms with van der Waals surface area (Å²) in [4.78, 5) is 2.44. The van der Waals surface area contributed by atoms with E-state index in [1.807, 2.05) is 6.07 Å². The maximum absolute atomic E-state index is 13.3. The van der Waals surface area contributed by atoms with Crippen molar-refractivity contribution in [3.63, 3.8) is 0 Å². The van der Waals surface area contributed by atoms with Crippen molar-refractivity contribution in [2.24, 2.45) is 0 Å². The molecular formula is C16H20FNO. The summed E-state index contributed by atoms with van der Waals surface area (Å²) in [5.74, 6) is 5.17. The molecule has 102 valence electrons. The Hall–Kier alpha value is -1.37. The number of hydrogen-bond donors (Lipinski definition) is 1. The minimum absolute atomic E-state index is 0.197. The molecule has 0 radical (unpaired) electrons. The molecule has 1 aromatic carbocycles. The van der Waals surface area contributed by atoms with Crippen LogP contribution in [0.4, 0.5) is 4.39 Å². The van der Waals surface area contributed by atoms with Gasteiger partial charge in [0.05, 0.1) is 0 Å². The number of rotatable bonds is 5. The molecule has 0 heterocycles. The molecule has 1 fully saturated rings. The van der Waals surface area contributed by atoms with Crippen LogP contribution in [0.2, 0.25) is 0 Å². The van der Waals surface area contributed by atoms with Crippen LogP contribution in [0.5, 0.6) is 0 Å². The summed E-state index contributed by atoms with van der Waals surface area (Å²) in [5, 5.41) is 8.77. The monoisotopic (exact) mass is 261 g/mol. The molecule has 2 nitrogen and oxygen atoms in total. The lowest BCUT2D eigenvalue weighted by molar-refractivity contribution is 0.255. The van der Waals surface area contributed by atoms with Gasteiger partial charge in [0, 0.05) is 18.2 Å². The Kier molecular flexibility index (Phi) is 4.95. The van der Waals surface area contributed by atoms with Crippen LogP contribution in [-0.4, -0.2) is 29.2 Å². The van der Waals surface area contributed by atoms with Crippen molar-refractivity contribution in [2.75, 3.05) is 13.2 Å². The van der Waals surface area contributed by atoms with E-state index in [4.69, 9.17) is 5.11 Å². The number of aliphatic hydroxyl groups is 1. The van der Waals surface area contributed by atoms with Crippen molar-refractivity contribution in [2.45, 2.75) is 38.8 Å². The van der Waals surface area contributed by atoms with E-state index in [-0.39, 0.29) is 12.4 Å². The van der Waals surface area contributed by atoms with Crippen molar-refractivity contribution < 1.29 is 9.50 Å². The third kappa shape index (κ3) is 4.05. The molecular weight excluding hydrogens is 241 g/mol. The van der Waals surface area contributed by atoms with Gasteiger partial charge in [-0.2, -0.15) is 0 Å². The van der Waals surface area contributed by atoms with Crippen LogP contribution in [0.1, 0.15) is 37.3 Å². The summed E-state index contributed by atoms with van der Waals surface area (Å²) in [6.07, 6.45) is 3.65. The van der Waals surface area contributed by atoms with Gasteiger partial charge in [-0.3, -0.25) is 4.90 Å². The Labute approximate surface area is 114 Å². The molecule has 0 amide bonds. The molecule has 0 aromatic heterocycles. The van der Waals surface area contributed by atoms with Crippen LogP contribution < -0.4 is 0 Å². The Balaban J connectivity index is 2.17. The molecule has 19 heavy (non-hydrogen) atoms. The highest BCUT2D eigenvalue weighted by atomic mass is 19.1. The first-order valence-corrected chi connectivity index (χ1v) is 6.86. The van der Waals surface area contributed by atoms with E-state index in [1.54, 1.807) is 0 Å². The van der Waals surface area contributed by atoms with Gasteiger partial charge in [-0.1, -0.05) is 24.8 Å². The summed E-state index contributed by atoms with van der Waals surface area (Å²) in [6.45, 7) is 3.85. The van der Waals surface area contributed by atoms with Gasteiger partial charge >= 0.3 is 0 Å². The molecule has 0 spiro atoms. The van der Waals surface area contributed by atoms with Crippen LogP contribution in [0.15, 0.2) is 18.2 Å². The third-order valence-electron chi connectivity index (χ3n) is 3.32. The van der Waals surface area contributed by atoms with Gasteiger partial charge in [0.15, 0.2) is 0 Å². The molecule has 0 saturated heterocycles. The van der Waals surface area contributed by atoms with E-state index >= 15 is 0 Å². The molecule has 0 atom stereocenters. The van der Waals surface area contributed by atoms with Gasteiger partial charge in [0.25, 0.3) is 0 Å². The summed E-state index contributed by atoms with van der Waals surface area (Å²) in [5.41, 5.74) is 1.73. The lowest BCUT2D eigenvalue weighted by Crippen LogP contribution is -2.26. The second-order valence-corrected chi connectivity index (χ2v) is 4.96. The van der Waals surface area contributed by atoms with Gasteiger partial charge in [0.1, 0.15) is 12.4 Å². The number of benzene rings is 1. The topological polar surface area (TPSA) is 23.5 Å². The average Bonchev–Trinajstić information content (AvgIpc) is 3.22. The van der Waals surface area contributed by atoms with Crippen molar-refractivity contribution >= 4 is 0 Å². The lowest BCUT2D eigenvalue weighted by Gasteiger charge is -2.22. The molecule has 0 aliphatic heterocycles. The predicted octanol–water partition coefficient (Wildman–Crippen LogP) is 2.54. The Bertz CT molecular complexity index is 485. The van der Waals surface area contributed by atoms with Crippen molar-refractivity contribution in [1.29, 1.82) is 0 Å². The highest BCUT2D eigenvalue weighted by Crippen LogP contribution is 2.29. The summed E-state index contributed by atoms with van der Waals surface area (Å²) < 4.78 is 13.3. The molecule has 0 unspecified atom stereocenters. The number of aliphatic hydroxyl groups excluding tert-OH is 1. The maximum atomic E-state index is 13.3. The van der Waals surface area contributed by atoms with Gasteiger partial charge in [-0.05, 0) is 43.5 Å². The maximum Gasteiger partial charge on any atom is 0.124 e. The minimum atomic E-state index is -0.278. The van der Waals surface area contributed by atoms with E-state index in [2.05, 4.69) is 23.7 Å². The fourth-order valence-corrected chi connectivity index (χ4v) is 2.27. The zero-order valence-corrected chi connectivity index (χ0v) is 11.3. The molecule has 0 bridgehead atoms. The first-order valence-electron chi connectivity index (χ1n) is 6.86. The van der Waals surface area contributed by atoms with Crippen molar-refractivity contribution in [3.05, 3.63) is 35.1 Å². The van der Waals surface area contributed by atoms with Crippen LogP contribution >= 0.6 is 0 Å². The SMILES string of the molecule is CCCN(Cc1ccc(F)cc1C#CCO)C1CC1. The number of nitrogens with zero attached hydrogens (tertiary/aromatic N) is 1. The molecule has 2 rings (SSSR count). The van der Waals surface area contributed by atoms with Crippen LogP contribution in [0, 0.1) is 17.7 Å². The summed E-state index contributed by atoms with van der Waals surface area (Å²) in [6, 6.07) is 5.43. The fourth-order valence-electron chi connectivity index (χ4n) is 2.27. The predicted molar refractivity (Wildman–Crippen MR) is 74.1 cm³/mol. The average molecular weight is 261 g/mol. The molecule has 1 N–H and O–H groups in total. The zero-order chi connectivity index (χ0) is 13.7. The van der Waals surface area contributed by atoms with Crippen LogP contribution in [0.3, 0.4) is 0 Å². The van der Waals surface area contributed by atoms with E-state index < -0.39 is 0 Å². The van der Waals surface area contributed by atoms with Crippen molar-refractivity contribution in [3.8, 4) is 11.8 Å². The van der Waals surface area contributed by atoms with Gasteiger partial charge < -0.3 is 5.11 Å². The third-order valence-corrected chi connectivity index (χ3v) is 3.32. The lowest BCUT2D eigenvalue weighted by atomic mass is 10.1. The molecule has 3 heteroatoms. The van der Waals surface area contributed by atoms with E-state index in [0.29, 0.717) is 11.6 Å². The largest absolute Gasteiger partial charge is 0.384 e. The molecule has 1 saturated carbocycles. The Morgan fingerprint density at radius 3 is 2.84 bits per heavy atom. The first-order chi connectivity index (χ1) is 9.24. The molecule has 1 aliphatic carbocycles. The highest BCUT2D eigenvalue weighted by molar-refractivity contribution is 5.41. The normalized spacial score (nSPS) is 14.3. The second-order valence-electron chi connectivity index (χ2n) is 4.96. The first kappa shape index (κ1) is 14.0. The van der Waals surface area contributed by atoms with E-state index in [9.17, 15) is 4.39 Å². The van der Waals surface area contributed by atoms with Gasteiger partial charge in [-0.15, -0.1) is 0 Å². The molecule has 1 aromatic rings. The van der Waals surface area contributed by atoms with Gasteiger partial charge in [-0.25, -0.2) is 4.39 Å². The van der Waals surface area contributed by atoms with Gasteiger partial charge in [0.2, 0.25) is 0 Å². The standard InChI is InChI=1S/C16H20FNO/c1-2-9-18(16-7-8-16)12-14-5-6-15(17)11-13(14)4-3-10-19/h5-6,11,16,19H,2,7-10,12H2,1H3. The smallest absolute Gasteiger partial charge is 0.124 e. The Morgan fingerprint density at radius 1 is 1.42 bits per heavy atom. The molecule has 1 aliphatic rings. The Morgan fingerprint density at radius 2 is 2.21 bits per heavy atom. The minimum Gasteiger partial charge on any atom is -0.384 e. The number of hydrogen-bond acceptors (Lipinski definition) is 2. The van der Waals surface area contributed by atoms with Crippen molar-refractivity contribution in [1.82, 2.24) is 4.90 Å². The van der Waals surface area contributed by atoms with Crippen LogP contribution in [0.25, 0.3) is 0 Å².